The van der Waals surface area contributed by atoms with Crippen LogP contribution < -0.4 is 21.3 Å². The zero-order chi connectivity index (χ0) is 26.4. The second-order valence-electron chi connectivity index (χ2n) is 9.41. The van der Waals surface area contributed by atoms with Gasteiger partial charge in [0.2, 0.25) is 11.8 Å². The third-order valence-corrected chi connectivity index (χ3v) is 5.82. The maximum atomic E-state index is 13.3. The van der Waals surface area contributed by atoms with Crippen molar-refractivity contribution < 1.29 is 18.9 Å². The molecule has 2 bridgehead atoms. The van der Waals surface area contributed by atoms with Crippen LogP contribution >= 0.6 is 0 Å². The minimum atomic E-state index is -0.805. The molecule has 0 saturated heterocycles. The quantitative estimate of drug-likeness (QED) is 0.411. The molecule has 2 aromatic heterocycles. The average Bonchev–Trinajstić information content (AvgIpc) is 3.51. The number of carbonyl (C=O) groups excluding carboxylic acids is 3. The largest absolute Gasteiger partial charge is 0.359 e. The van der Waals surface area contributed by atoms with Crippen LogP contribution in [0.1, 0.15) is 55.3 Å². The normalized spacial score (nSPS) is 19.8. The molecule has 3 amide bonds. The molecule has 3 heterocycles. The van der Waals surface area contributed by atoms with Crippen molar-refractivity contribution in [1.82, 2.24) is 41.2 Å². The van der Waals surface area contributed by atoms with Gasteiger partial charge < -0.3 is 25.8 Å². The van der Waals surface area contributed by atoms with Gasteiger partial charge in [0, 0.05) is 24.7 Å². The van der Waals surface area contributed by atoms with Crippen LogP contribution in [0.2, 0.25) is 0 Å². The van der Waals surface area contributed by atoms with Gasteiger partial charge in [-0.05, 0) is 19.3 Å². The molecule has 4 rings (SSSR count). The number of nitrogens with one attached hydrogen (secondary N) is 4. The monoisotopic (exact) mass is 508 g/mol. The van der Waals surface area contributed by atoms with E-state index >= 15 is 0 Å². The molecule has 2 atom stereocenters. The van der Waals surface area contributed by atoms with Gasteiger partial charge in [-0.15, -0.1) is 0 Å². The molecule has 12 nitrogen and oxygen atoms in total. The Labute approximate surface area is 214 Å². The van der Waals surface area contributed by atoms with Gasteiger partial charge in [-0.2, -0.15) is 5.10 Å². The standard InChI is InChI=1S/C25H32N8O4/c1-15(2)11-19-24(35)28-16(3)23-30-22(17-7-5-4-6-8-17)31-33(23)14-21(34)27-10-9-26-13-18-12-20(32-37-18)25(36)29-19/h4-8,12,15-16,19,26H,9-11,13-14H2,1-3H3,(H,27,34)(H,28,35)(H,29,36)/t16-,19+/m0/s1. The Hall–Kier alpha value is -4.06. The van der Waals surface area contributed by atoms with Gasteiger partial charge in [0.15, 0.2) is 17.3 Å². The number of aromatic nitrogens is 4. The van der Waals surface area contributed by atoms with Crippen LogP contribution in [0.15, 0.2) is 40.9 Å². The van der Waals surface area contributed by atoms with E-state index in [1.54, 1.807) is 6.92 Å². The van der Waals surface area contributed by atoms with Gasteiger partial charge in [0.25, 0.3) is 5.91 Å². The molecular formula is C25H32N8O4. The molecule has 0 saturated carbocycles. The second-order valence-corrected chi connectivity index (χ2v) is 9.41. The molecule has 0 fully saturated rings. The Bertz CT molecular complexity index is 1240. The molecule has 1 aliphatic heterocycles. The van der Waals surface area contributed by atoms with Crippen molar-refractivity contribution >= 4 is 17.7 Å². The van der Waals surface area contributed by atoms with Crippen molar-refractivity contribution in [3.05, 3.63) is 53.7 Å². The average molecular weight is 509 g/mol. The lowest BCUT2D eigenvalue weighted by Gasteiger charge is -2.22. The van der Waals surface area contributed by atoms with E-state index in [9.17, 15) is 14.4 Å². The van der Waals surface area contributed by atoms with Gasteiger partial charge in [0.1, 0.15) is 18.4 Å². The van der Waals surface area contributed by atoms with Crippen LogP contribution in [0.3, 0.4) is 0 Å². The highest BCUT2D eigenvalue weighted by Crippen LogP contribution is 2.19. The smallest absolute Gasteiger partial charge is 0.274 e. The van der Waals surface area contributed by atoms with Crippen LogP contribution in [0.4, 0.5) is 0 Å². The summed E-state index contributed by atoms with van der Waals surface area (Å²) in [7, 11) is 0. The van der Waals surface area contributed by atoms with E-state index in [1.807, 2.05) is 44.2 Å². The maximum Gasteiger partial charge on any atom is 0.274 e. The Balaban J connectivity index is 1.64. The van der Waals surface area contributed by atoms with Crippen molar-refractivity contribution in [3.63, 3.8) is 0 Å². The molecule has 0 radical (unpaired) electrons. The van der Waals surface area contributed by atoms with Crippen molar-refractivity contribution in [2.45, 2.75) is 52.4 Å². The van der Waals surface area contributed by atoms with Crippen molar-refractivity contribution in [2.75, 3.05) is 13.1 Å². The van der Waals surface area contributed by atoms with E-state index in [2.05, 4.69) is 36.5 Å². The predicted octanol–water partition coefficient (Wildman–Crippen LogP) is 1.17. The molecule has 196 valence electrons. The van der Waals surface area contributed by atoms with Gasteiger partial charge in [-0.3, -0.25) is 14.4 Å². The Morgan fingerprint density at radius 1 is 1.11 bits per heavy atom. The molecule has 1 aromatic carbocycles. The molecule has 37 heavy (non-hydrogen) atoms. The van der Waals surface area contributed by atoms with Gasteiger partial charge in [-0.1, -0.05) is 49.3 Å². The van der Waals surface area contributed by atoms with Crippen LogP contribution in [0, 0.1) is 5.92 Å². The SMILES string of the molecule is CC(C)C[C@H]1NC(=O)c2cc(on2)CNCCNC(=O)Cn2nc(-c3ccccc3)nc2[C@H](C)NC1=O. The van der Waals surface area contributed by atoms with Crippen molar-refractivity contribution in [1.29, 1.82) is 0 Å². The number of nitrogens with zero attached hydrogens (tertiary/aromatic N) is 4. The number of hydrogen-bond acceptors (Lipinski definition) is 8. The second kappa shape index (κ2) is 11.8. The zero-order valence-electron chi connectivity index (χ0n) is 21.2. The molecule has 12 heteroatoms. The first-order valence-corrected chi connectivity index (χ1v) is 12.3. The molecule has 4 N–H and O–H groups in total. The summed E-state index contributed by atoms with van der Waals surface area (Å²) in [5.41, 5.74) is 0.883. The third-order valence-electron chi connectivity index (χ3n) is 5.82. The highest BCUT2D eigenvalue weighted by Gasteiger charge is 2.27. The number of rotatable bonds is 3. The fraction of sp³-hybridized carbons (Fsp3) is 0.440. The van der Waals surface area contributed by atoms with Gasteiger partial charge in [0.05, 0.1) is 12.6 Å². The molecule has 1 aliphatic rings. The number of carbonyl (C=O) groups is 3. The summed E-state index contributed by atoms with van der Waals surface area (Å²) in [5.74, 6) is 0.380. The fourth-order valence-corrected chi connectivity index (χ4v) is 4.01. The molecule has 0 unspecified atom stereocenters. The summed E-state index contributed by atoms with van der Waals surface area (Å²) < 4.78 is 6.73. The number of hydrogen-bond donors (Lipinski definition) is 4. The Kier molecular flexibility index (Phi) is 8.29. The highest BCUT2D eigenvalue weighted by atomic mass is 16.5. The molecular weight excluding hydrogens is 476 g/mol. The lowest BCUT2D eigenvalue weighted by molar-refractivity contribution is -0.124. The lowest BCUT2D eigenvalue weighted by Crippen LogP contribution is -2.48. The summed E-state index contributed by atoms with van der Waals surface area (Å²) >= 11 is 0. The number of benzene rings is 1. The summed E-state index contributed by atoms with van der Waals surface area (Å²) in [6.07, 6.45) is 0.418. The minimum Gasteiger partial charge on any atom is -0.359 e. The summed E-state index contributed by atoms with van der Waals surface area (Å²) in [6, 6.07) is 9.55. The van der Waals surface area contributed by atoms with Crippen molar-refractivity contribution in [2.24, 2.45) is 5.92 Å². The fourth-order valence-electron chi connectivity index (χ4n) is 4.01. The summed E-state index contributed by atoms with van der Waals surface area (Å²) in [6.45, 7) is 6.83. The van der Waals surface area contributed by atoms with E-state index in [4.69, 9.17) is 4.52 Å². The van der Waals surface area contributed by atoms with Gasteiger partial charge >= 0.3 is 0 Å². The highest BCUT2D eigenvalue weighted by molar-refractivity contribution is 5.96. The number of fused-ring (bicyclic) bond motifs is 3. The summed E-state index contributed by atoms with van der Waals surface area (Å²) in [4.78, 5) is 43.5. The topological polar surface area (TPSA) is 156 Å². The Morgan fingerprint density at radius 2 is 1.89 bits per heavy atom. The lowest BCUT2D eigenvalue weighted by atomic mass is 10.0. The van der Waals surface area contributed by atoms with Crippen molar-refractivity contribution in [3.8, 4) is 11.4 Å². The Morgan fingerprint density at radius 3 is 2.65 bits per heavy atom. The first-order chi connectivity index (χ1) is 17.8. The van der Waals surface area contributed by atoms with E-state index in [1.165, 1.54) is 10.7 Å². The van der Waals surface area contributed by atoms with Crippen LogP contribution in [0.5, 0.6) is 0 Å². The van der Waals surface area contributed by atoms with Crippen LogP contribution in [-0.4, -0.2) is 56.8 Å². The molecule has 0 spiro atoms. The first kappa shape index (κ1) is 26.0. The van der Waals surface area contributed by atoms with E-state index in [-0.39, 0.29) is 30.0 Å². The van der Waals surface area contributed by atoms with Gasteiger partial charge in [-0.25, -0.2) is 9.67 Å². The van der Waals surface area contributed by atoms with Crippen LogP contribution in [-0.2, 0) is 22.7 Å². The molecule has 3 aromatic rings. The predicted molar refractivity (Wildman–Crippen MR) is 134 cm³/mol. The third kappa shape index (κ3) is 6.79. The minimum absolute atomic E-state index is 0.0625. The maximum absolute atomic E-state index is 13.3. The zero-order valence-corrected chi connectivity index (χ0v) is 21.2. The van der Waals surface area contributed by atoms with E-state index in [0.717, 1.165) is 5.56 Å². The first-order valence-electron chi connectivity index (χ1n) is 12.3. The molecule has 0 aliphatic carbocycles. The number of amides is 3. The van der Waals surface area contributed by atoms with Crippen LogP contribution in [0.25, 0.3) is 11.4 Å². The van der Waals surface area contributed by atoms with E-state index < -0.39 is 18.0 Å². The van der Waals surface area contributed by atoms with E-state index in [0.29, 0.717) is 43.5 Å². The summed E-state index contributed by atoms with van der Waals surface area (Å²) in [5, 5.41) is 20.1.